The van der Waals surface area contributed by atoms with Crippen LogP contribution in [0.1, 0.15) is 16.7 Å². The minimum atomic E-state index is -3.80. The van der Waals surface area contributed by atoms with Crippen LogP contribution in [-0.2, 0) is 27.8 Å². The normalized spacial score (nSPS) is 19.1. The van der Waals surface area contributed by atoms with Crippen molar-refractivity contribution in [3.8, 4) is 5.75 Å². The van der Waals surface area contributed by atoms with Gasteiger partial charge in [0.1, 0.15) is 12.0 Å². The Bertz CT molecular complexity index is 878. The molecule has 0 amide bonds. The fraction of sp³-hybridized carbons (Fsp3) is 0.278. The number of anilines is 1. The van der Waals surface area contributed by atoms with Crippen molar-refractivity contribution in [2.45, 2.75) is 25.8 Å². The number of rotatable bonds is 5. The maximum atomic E-state index is 12.1. The number of aromatic hydroxyl groups is 1. The number of aldehydes is 1. The predicted octanol–water partition coefficient (Wildman–Crippen LogP) is 1.71. The summed E-state index contributed by atoms with van der Waals surface area (Å²) in [5.74, 6) is -0.113. The molecule has 7 heteroatoms. The van der Waals surface area contributed by atoms with E-state index in [1.165, 1.54) is 11.1 Å². The zero-order valence-electron chi connectivity index (χ0n) is 13.8. The molecule has 1 aliphatic heterocycles. The number of carbonyl (C=O) groups is 1. The van der Waals surface area contributed by atoms with E-state index in [0.29, 0.717) is 6.29 Å². The Morgan fingerprint density at radius 1 is 1.16 bits per heavy atom. The Balaban J connectivity index is 1.75. The number of hydrogen-bond acceptors (Lipinski definition) is 4. The van der Waals surface area contributed by atoms with E-state index in [1.54, 1.807) is 18.2 Å². The highest BCUT2D eigenvalue weighted by Gasteiger charge is 2.36. The van der Waals surface area contributed by atoms with E-state index < -0.39 is 16.3 Å². The molecule has 25 heavy (non-hydrogen) atoms. The highest BCUT2D eigenvalue weighted by molar-refractivity contribution is 7.91. The summed E-state index contributed by atoms with van der Waals surface area (Å²) in [6.45, 7) is 2.01. The van der Waals surface area contributed by atoms with Crippen molar-refractivity contribution in [3.63, 3.8) is 0 Å². The monoisotopic (exact) mass is 360 g/mol. The highest BCUT2D eigenvalue weighted by Crippen LogP contribution is 2.32. The zero-order valence-corrected chi connectivity index (χ0v) is 14.7. The Morgan fingerprint density at radius 2 is 1.80 bits per heavy atom. The van der Waals surface area contributed by atoms with Gasteiger partial charge in [-0.15, -0.1) is 0 Å². The van der Waals surface area contributed by atoms with Gasteiger partial charge in [0.2, 0.25) is 0 Å². The smallest absolute Gasteiger partial charge is 0.302 e. The van der Waals surface area contributed by atoms with Crippen molar-refractivity contribution in [1.29, 1.82) is 0 Å². The molecule has 1 saturated heterocycles. The molecule has 0 aliphatic carbocycles. The number of benzene rings is 2. The van der Waals surface area contributed by atoms with Gasteiger partial charge in [0.15, 0.2) is 0 Å². The fourth-order valence-electron chi connectivity index (χ4n) is 2.85. The van der Waals surface area contributed by atoms with Crippen molar-refractivity contribution in [3.05, 3.63) is 59.2 Å². The van der Waals surface area contributed by atoms with E-state index in [4.69, 9.17) is 0 Å². The van der Waals surface area contributed by atoms with Crippen molar-refractivity contribution in [2.75, 3.05) is 10.8 Å². The van der Waals surface area contributed by atoms with Crippen molar-refractivity contribution < 1.29 is 18.3 Å². The average molecular weight is 360 g/mol. The largest absolute Gasteiger partial charge is 0.506 e. The average Bonchev–Trinajstić information content (AvgIpc) is 2.89. The van der Waals surface area contributed by atoms with Crippen LogP contribution < -0.4 is 9.03 Å². The molecule has 1 heterocycles. The van der Waals surface area contributed by atoms with Crippen LogP contribution in [0.3, 0.4) is 0 Å². The predicted molar refractivity (Wildman–Crippen MR) is 95.9 cm³/mol. The standard InChI is InChI=1S/C18H20N2O4S/c1-13-2-4-14(5-3-13)6-7-15-8-9-17(18(22)10-15)20-11-16(12-21)19-25(20,23)24/h2-5,8-10,12,16,19,22H,6-7,11H2,1H3. The van der Waals surface area contributed by atoms with Crippen molar-refractivity contribution in [2.24, 2.45) is 0 Å². The Labute approximate surface area is 147 Å². The van der Waals surface area contributed by atoms with E-state index in [1.807, 2.05) is 6.92 Å². The van der Waals surface area contributed by atoms with Gasteiger partial charge in [-0.05, 0) is 43.0 Å². The van der Waals surface area contributed by atoms with Crippen LogP contribution in [0.15, 0.2) is 42.5 Å². The van der Waals surface area contributed by atoms with Gasteiger partial charge in [0.05, 0.1) is 18.3 Å². The maximum Gasteiger partial charge on any atom is 0.302 e. The molecule has 2 aromatic rings. The quantitative estimate of drug-likeness (QED) is 0.795. The molecule has 0 spiro atoms. The van der Waals surface area contributed by atoms with Crippen LogP contribution in [0.4, 0.5) is 5.69 Å². The summed E-state index contributed by atoms with van der Waals surface area (Å²) in [6.07, 6.45) is 2.11. The Morgan fingerprint density at radius 3 is 2.40 bits per heavy atom. The highest BCUT2D eigenvalue weighted by atomic mass is 32.2. The van der Waals surface area contributed by atoms with Gasteiger partial charge in [0.25, 0.3) is 0 Å². The van der Waals surface area contributed by atoms with Gasteiger partial charge in [-0.25, -0.2) is 0 Å². The van der Waals surface area contributed by atoms with Crippen LogP contribution in [0, 0.1) is 6.92 Å². The molecule has 3 rings (SSSR count). The number of aryl methyl sites for hydroxylation is 3. The SMILES string of the molecule is Cc1ccc(CCc2ccc(N3CC(C=O)NS3(=O)=O)c(O)c2)cc1. The second-order valence-electron chi connectivity index (χ2n) is 6.21. The first-order valence-corrected chi connectivity index (χ1v) is 9.46. The molecule has 2 N–H and O–H groups in total. The van der Waals surface area contributed by atoms with Crippen LogP contribution in [0.2, 0.25) is 0 Å². The molecule has 0 saturated carbocycles. The fourth-order valence-corrected chi connectivity index (χ4v) is 4.26. The summed E-state index contributed by atoms with van der Waals surface area (Å²) in [4.78, 5) is 10.8. The third kappa shape index (κ3) is 3.83. The molecule has 132 valence electrons. The molecule has 1 unspecified atom stereocenters. The third-order valence-electron chi connectivity index (χ3n) is 4.25. The van der Waals surface area contributed by atoms with Crippen molar-refractivity contribution in [1.82, 2.24) is 4.72 Å². The van der Waals surface area contributed by atoms with Gasteiger partial charge in [-0.2, -0.15) is 13.1 Å². The van der Waals surface area contributed by atoms with Crippen LogP contribution in [0.5, 0.6) is 5.75 Å². The van der Waals surface area contributed by atoms with Gasteiger partial charge in [-0.3, -0.25) is 4.31 Å². The molecule has 0 aromatic heterocycles. The van der Waals surface area contributed by atoms with E-state index in [2.05, 4.69) is 29.0 Å². The van der Waals surface area contributed by atoms with Crippen molar-refractivity contribution >= 4 is 22.2 Å². The van der Waals surface area contributed by atoms with E-state index in [0.717, 1.165) is 22.7 Å². The molecule has 0 radical (unpaired) electrons. The summed E-state index contributed by atoms with van der Waals surface area (Å²) in [5, 5.41) is 10.3. The second kappa shape index (κ2) is 6.85. The van der Waals surface area contributed by atoms with E-state index in [-0.39, 0.29) is 18.0 Å². The molecular weight excluding hydrogens is 340 g/mol. The topological polar surface area (TPSA) is 86.7 Å². The third-order valence-corrected chi connectivity index (χ3v) is 5.78. The van der Waals surface area contributed by atoms with E-state index >= 15 is 0 Å². The number of phenols is 1. The lowest BCUT2D eigenvalue weighted by Gasteiger charge is -2.17. The first kappa shape index (κ1) is 17.4. The Kier molecular flexibility index (Phi) is 4.78. The maximum absolute atomic E-state index is 12.1. The first-order valence-electron chi connectivity index (χ1n) is 8.02. The second-order valence-corrected chi connectivity index (χ2v) is 7.83. The van der Waals surface area contributed by atoms with E-state index in [9.17, 15) is 18.3 Å². The zero-order chi connectivity index (χ0) is 18.0. The van der Waals surface area contributed by atoms with Crippen LogP contribution in [0.25, 0.3) is 0 Å². The van der Waals surface area contributed by atoms with Gasteiger partial charge in [0, 0.05) is 0 Å². The number of nitrogens with zero attached hydrogens (tertiary/aromatic N) is 1. The Hall–Kier alpha value is -2.38. The molecule has 6 nitrogen and oxygen atoms in total. The van der Waals surface area contributed by atoms with Gasteiger partial charge >= 0.3 is 10.2 Å². The molecule has 1 atom stereocenters. The summed E-state index contributed by atoms with van der Waals surface area (Å²) in [7, 11) is -3.80. The lowest BCUT2D eigenvalue weighted by Crippen LogP contribution is -2.30. The van der Waals surface area contributed by atoms with Crippen LogP contribution in [-0.4, -0.2) is 32.4 Å². The summed E-state index contributed by atoms with van der Waals surface area (Å²) >= 11 is 0. The summed E-state index contributed by atoms with van der Waals surface area (Å²) < 4.78 is 27.4. The number of nitrogens with one attached hydrogen (secondary N) is 1. The summed E-state index contributed by atoms with van der Waals surface area (Å²) in [5.41, 5.74) is 3.50. The molecule has 1 fully saturated rings. The molecule has 2 aromatic carbocycles. The number of hydrogen-bond donors (Lipinski definition) is 2. The minimum Gasteiger partial charge on any atom is -0.506 e. The molecule has 0 bridgehead atoms. The van der Waals surface area contributed by atoms with Crippen LogP contribution >= 0.6 is 0 Å². The molecule has 1 aliphatic rings. The number of carbonyl (C=O) groups excluding carboxylic acids is 1. The lowest BCUT2D eigenvalue weighted by molar-refractivity contribution is -0.108. The van der Waals surface area contributed by atoms with Gasteiger partial charge < -0.3 is 9.90 Å². The number of phenolic OH excluding ortho intramolecular Hbond substituents is 1. The lowest BCUT2D eigenvalue weighted by atomic mass is 10.0. The van der Waals surface area contributed by atoms with Gasteiger partial charge in [-0.1, -0.05) is 35.9 Å². The first-order chi connectivity index (χ1) is 11.9. The molecular formula is C18H20N2O4S. The summed E-state index contributed by atoms with van der Waals surface area (Å²) in [6, 6.07) is 12.4. The minimum absolute atomic E-state index is 0.0257.